The van der Waals surface area contributed by atoms with Crippen LogP contribution in [0.2, 0.25) is 0 Å². The van der Waals surface area contributed by atoms with E-state index in [2.05, 4.69) is 42.5 Å². The number of nitrogens with one attached hydrogen (secondary N) is 8. The SMILES string of the molecule is C1CCC2C3NC(NC4NC(NC5NC(NC6NC(N3)C3CCCCC63)C3CCCCC53)C3CCCCC43)C2C1.CC=O. The predicted molar refractivity (Wildman–Crippen MR) is 169 cm³/mol. The second kappa shape index (κ2) is 12.9. The van der Waals surface area contributed by atoms with E-state index in [1.165, 1.54) is 110 Å². The molecule has 9 nitrogen and oxygen atoms in total. The van der Waals surface area contributed by atoms with Gasteiger partial charge in [0.05, 0.1) is 49.3 Å². The molecule has 5 aliphatic heterocycles. The van der Waals surface area contributed by atoms with Crippen molar-refractivity contribution < 1.29 is 4.79 Å². The minimum atomic E-state index is 0.420. The molecule has 8 N–H and O–H groups in total. The molecule has 9 heteroatoms. The maximum Gasteiger partial charge on any atom is 0.116 e. The van der Waals surface area contributed by atoms with E-state index in [4.69, 9.17) is 4.79 Å². The van der Waals surface area contributed by atoms with Gasteiger partial charge in [0.1, 0.15) is 6.29 Å². The number of carbonyl (C=O) groups is 1. The molecule has 8 atom stereocenters. The third-order valence-electron chi connectivity index (χ3n) is 13.8. The van der Waals surface area contributed by atoms with Crippen LogP contribution in [0.15, 0.2) is 0 Å². The van der Waals surface area contributed by atoms with Crippen LogP contribution in [0, 0.1) is 47.3 Å². The Labute approximate surface area is 259 Å². The normalized spacial score (nSPS) is 53.9. The van der Waals surface area contributed by atoms with Crippen LogP contribution in [-0.2, 0) is 4.79 Å². The molecule has 43 heavy (non-hydrogen) atoms. The van der Waals surface area contributed by atoms with Crippen LogP contribution >= 0.6 is 0 Å². The van der Waals surface area contributed by atoms with Gasteiger partial charge in [-0.25, -0.2) is 0 Å². The maximum atomic E-state index is 8.81. The van der Waals surface area contributed by atoms with Crippen LogP contribution in [-0.4, -0.2) is 55.6 Å². The minimum absolute atomic E-state index is 0.420. The Morgan fingerprint density at radius 1 is 0.326 bits per heavy atom. The summed E-state index contributed by atoms with van der Waals surface area (Å²) in [5, 5.41) is 33.8. The van der Waals surface area contributed by atoms with Crippen LogP contribution in [0.3, 0.4) is 0 Å². The van der Waals surface area contributed by atoms with Crippen molar-refractivity contribution in [2.45, 2.75) is 159 Å². The van der Waals surface area contributed by atoms with Crippen LogP contribution in [0.4, 0.5) is 0 Å². The Kier molecular flexibility index (Phi) is 8.89. The molecule has 0 radical (unpaired) electrons. The van der Waals surface area contributed by atoms with E-state index in [1.54, 1.807) is 0 Å². The lowest BCUT2D eigenvalue weighted by atomic mass is 9.76. The number of carbonyl (C=O) groups excluding carboxylic acids is 1. The fraction of sp³-hybridized carbons (Fsp3) is 0.971. The van der Waals surface area contributed by atoms with E-state index >= 15 is 0 Å². The average Bonchev–Trinajstić information content (AvgIpc) is 3.77. The summed E-state index contributed by atoms with van der Waals surface area (Å²) in [6.07, 6.45) is 26.3. The van der Waals surface area contributed by atoms with E-state index in [-0.39, 0.29) is 0 Å². The first kappa shape index (κ1) is 29.7. The Morgan fingerprint density at radius 2 is 0.442 bits per heavy atom. The Balaban J connectivity index is 0.000000892. The second-order valence-corrected chi connectivity index (χ2v) is 15.8. The van der Waals surface area contributed by atoms with Gasteiger partial charge in [-0.1, -0.05) is 51.4 Å². The van der Waals surface area contributed by atoms with Gasteiger partial charge in [0.15, 0.2) is 0 Å². The highest BCUT2D eigenvalue weighted by Crippen LogP contribution is 2.45. The van der Waals surface area contributed by atoms with E-state index in [9.17, 15) is 0 Å². The summed E-state index contributed by atoms with van der Waals surface area (Å²) in [6, 6.07) is 0. The van der Waals surface area contributed by atoms with Crippen molar-refractivity contribution in [2.24, 2.45) is 47.3 Å². The van der Waals surface area contributed by atoms with Crippen LogP contribution < -0.4 is 42.5 Å². The Bertz CT molecular complexity index is 761. The molecule has 4 saturated carbocycles. The molecule has 9 rings (SSSR count). The lowest BCUT2D eigenvalue weighted by Crippen LogP contribution is -2.61. The number of rotatable bonds is 0. The van der Waals surface area contributed by atoms with Gasteiger partial charge in [0, 0.05) is 0 Å². The fourth-order valence-corrected chi connectivity index (χ4v) is 12.0. The van der Waals surface area contributed by atoms with Gasteiger partial charge in [-0.05, 0) is 106 Å². The van der Waals surface area contributed by atoms with E-state index in [0.29, 0.717) is 49.3 Å². The van der Waals surface area contributed by atoms with Crippen LogP contribution in [0.25, 0.3) is 0 Å². The highest BCUT2D eigenvalue weighted by molar-refractivity contribution is 5.44. The summed E-state index contributed by atoms with van der Waals surface area (Å²) in [7, 11) is 0. The van der Waals surface area contributed by atoms with E-state index in [1.807, 2.05) is 0 Å². The Morgan fingerprint density at radius 3 is 0.558 bits per heavy atom. The molecule has 242 valence electrons. The molecule has 9 aliphatic rings. The van der Waals surface area contributed by atoms with Crippen molar-refractivity contribution in [1.29, 1.82) is 0 Å². The molecule has 5 saturated heterocycles. The molecule has 0 aromatic rings. The highest BCUT2D eigenvalue weighted by atomic mass is 16.1. The minimum Gasteiger partial charge on any atom is -0.304 e. The molecule has 0 amide bonds. The highest BCUT2D eigenvalue weighted by Gasteiger charge is 2.54. The molecule has 8 unspecified atom stereocenters. The number of aldehydes is 1. The first-order chi connectivity index (χ1) is 21.2. The third kappa shape index (κ3) is 5.56. The molecule has 8 bridgehead atoms. The second-order valence-electron chi connectivity index (χ2n) is 15.8. The number of hydrogen-bond donors (Lipinski definition) is 8. The van der Waals surface area contributed by atoms with Gasteiger partial charge in [-0.15, -0.1) is 0 Å². The third-order valence-corrected chi connectivity index (χ3v) is 13.8. The first-order valence-corrected chi connectivity index (χ1v) is 18.7. The van der Waals surface area contributed by atoms with Crippen molar-refractivity contribution in [3.8, 4) is 0 Å². The number of hydrogen-bond acceptors (Lipinski definition) is 9. The van der Waals surface area contributed by atoms with Gasteiger partial charge in [-0.2, -0.15) is 0 Å². The number of fused-ring (bicyclic) bond motifs is 20. The smallest absolute Gasteiger partial charge is 0.116 e. The monoisotopic (exact) mass is 596 g/mol. The summed E-state index contributed by atoms with van der Waals surface area (Å²) in [6.45, 7) is 1.44. The van der Waals surface area contributed by atoms with Gasteiger partial charge in [-0.3, -0.25) is 42.5 Å². The van der Waals surface area contributed by atoms with Crippen molar-refractivity contribution >= 4 is 6.29 Å². The van der Waals surface area contributed by atoms with E-state index < -0.39 is 0 Å². The standard InChI is InChI=1S/C32H56N8.C2H4O/c1-2-10-18-17(9-1)25-33-26(18)38-28-21-13-5-6-14-22(21)30(35-28)40-32-24-16-8-7-15-23(24)31(36-32)39-29-20-12-4-3-11-19(20)27(34-29)37-25;1-2-3/h17-40H,1-16H2;2H,1H3. The summed E-state index contributed by atoms with van der Waals surface area (Å²) >= 11 is 0. The zero-order valence-corrected chi connectivity index (χ0v) is 26.5. The lowest BCUT2D eigenvalue weighted by Gasteiger charge is -2.35. The van der Waals surface area contributed by atoms with Gasteiger partial charge in [0.25, 0.3) is 0 Å². The van der Waals surface area contributed by atoms with Crippen molar-refractivity contribution in [3.63, 3.8) is 0 Å². The fourth-order valence-electron chi connectivity index (χ4n) is 12.0. The predicted octanol–water partition coefficient (Wildman–Crippen LogP) is 2.81. The largest absolute Gasteiger partial charge is 0.304 e. The quantitative estimate of drug-likeness (QED) is 0.200. The van der Waals surface area contributed by atoms with Gasteiger partial charge < -0.3 is 4.79 Å². The molecule has 4 aliphatic carbocycles. The molecular weight excluding hydrogens is 536 g/mol. The maximum absolute atomic E-state index is 8.81. The molecule has 9 fully saturated rings. The van der Waals surface area contributed by atoms with Crippen molar-refractivity contribution in [2.75, 3.05) is 0 Å². The average molecular weight is 597 g/mol. The molecule has 5 heterocycles. The van der Waals surface area contributed by atoms with Crippen LogP contribution in [0.5, 0.6) is 0 Å². The summed E-state index contributed by atoms with van der Waals surface area (Å²) in [4.78, 5) is 8.81. The molecule has 0 aromatic carbocycles. The lowest BCUT2D eigenvalue weighted by molar-refractivity contribution is -0.106. The summed E-state index contributed by atoms with van der Waals surface area (Å²) in [5.41, 5.74) is 0. The van der Waals surface area contributed by atoms with Crippen molar-refractivity contribution in [3.05, 3.63) is 0 Å². The molecular formula is C34H60N8O. The van der Waals surface area contributed by atoms with E-state index in [0.717, 1.165) is 53.6 Å². The summed E-state index contributed by atoms with van der Waals surface area (Å²) < 4.78 is 0. The first-order valence-electron chi connectivity index (χ1n) is 18.7. The topological polar surface area (TPSA) is 113 Å². The molecule has 0 aromatic heterocycles. The van der Waals surface area contributed by atoms with Gasteiger partial charge >= 0.3 is 0 Å². The van der Waals surface area contributed by atoms with Crippen LogP contribution in [0.1, 0.15) is 110 Å². The summed E-state index contributed by atoms with van der Waals surface area (Å²) in [5.74, 6) is 5.97. The Hall–Kier alpha value is -0.650. The van der Waals surface area contributed by atoms with Gasteiger partial charge in [0.2, 0.25) is 0 Å². The molecule has 0 spiro atoms. The zero-order valence-electron chi connectivity index (χ0n) is 26.5. The van der Waals surface area contributed by atoms with Crippen molar-refractivity contribution in [1.82, 2.24) is 42.5 Å². The zero-order chi connectivity index (χ0) is 28.9.